The van der Waals surface area contributed by atoms with Crippen LogP contribution in [-0.2, 0) is 0 Å². The van der Waals surface area contributed by atoms with E-state index in [1.165, 1.54) is 22.7 Å². The lowest BCUT2D eigenvalue weighted by Gasteiger charge is -1.94. The molecule has 0 aliphatic carbocycles. The molecule has 0 unspecified atom stereocenters. The molecule has 0 saturated carbocycles. The predicted octanol–water partition coefficient (Wildman–Crippen LogP) is 1.83. The average molecular weight is 229 g/mol. The fraction of sp³-hybridized carbons (Fsp3) is 0. The van der Waals surface area contributed by atoms with Crippen LogP contribution in [-0.4, -0.2) is 14.6 Å². The van der Waals surface area contributed by atoms with Crippen molar-refractivity contribution in [2.45, 2.75) is 0 Å². The van der Waals surface area contributed by atoms with Crippen LogP contribution in [0.15, 0.2) is 47.3 Å². The Bertz CT molecular complexity index is 727. The first-order chi connectivity index (χ1) is 8.24. The molecule has 2 heterocycles. The fourth-order valence-electron chi connectivity index (χ4n) is 1.66. The van der Waals surface area contributed by atoms with E-state index >= 15 is 0 Å². The van der Waals surface area contributed by atoms with Crippen LogP contribution < -0.4 is 5.56 Å². The zero-order valence-corrected chi connectivity index (χ0v) is 8.72. The van der Waals surface area contributed by atoms with Crippen molar-refractivity contribution in [3.8, 4) is 11.4 Å². The highest BCUT2D eigenvalue weighted by Gasteiger charge is 2.05. The molecule has 4 nitrogen and oxygen atoms in total. The first-order valence-corrected chi connectivity index (χ1v) is 5.08. The maximum Gasteiger partial charge on any atom is 0.271 e. The molecule has 3 rings (SSSR count). The Hall–Kier alpha value is -2.43. The Labute approximate surface area is 95.3 Å². The topological polar surface area (TPSA) is 50.2 Å². The molecule has 0 bridgehead atoms. The average Bonchev–Trinajstić information content (AvgIpc) is 2.75. The first kappa shape index (κ1) is 9.77. The number of aromatic nitrogens is 3. The van der Waals surface area contributed by atoms with Gasteiger partial charge in [-0.15, -0.1) is 0 Å². The molecule has 2 aromatic heterocycles. The third-order valence-corrected chi connectivity index (χ3v) is 2.50. The number of aromatic amines is 1. The zero-order chi connectivity index (χ0) is 11.8. The van der Waals surface area contributed by atoms with Gasteiger partial charge in [-0.3, -0.25) is 9.89 Å². The number of hydrogen-bond donors (Lipinski definition) is 1. The Balaban J connectivity index is 2.21. The van der Waals surface area contributed by atoms with Gasteiger partial charge < -0.3 is 0 Å². The minimum Gasteiger partial charge on any atom is -0.272 e. The van der Waals surface area contributed by atoms with Crippen LogP contribution in [0.1, 0.15) is 0 Å². The van der Waals surface area contributed by atoms with E-state index in [0.29, 0.717) is 11.5 Å². The summed E-state index contributed by atoms with van der Waals surface area (Å²) in [5.74, 6) is 0.232. The maximum absolute atomic E-state index is 12.8. The van der Waals surface area contributed by atoms with Crippen molar-refractivity contribution in [3.05, 3.63) is 58.6 Å². The molecule has 0 atom stereocenters. The van der Waals surface area contributed by atoms with Crippen LogP contribution in [0.5, 0.6) is 0 Å². The summed E-state index contributed by atoms with van der Waals surface area (Å²) in [6.07, 6.45) is 0. The number of pyridine rings is 1. The lowest BCUT2D eigenvalue weighted by molar-refractivity contribution is 0.628. The molecular formula is C12H8FN3O. The summed E-state index contributed by atoms with van der Waals surface area (Å²) < 4.78 is 14.1. The SMILES string of the molecule is O=c1cccc2nc(-c3ccc(F)cc3)[nH]n12. The largest absolute Gasteiger partial charge is 0.272 e. The van der Waals surface area contributed by atoms with Gasteiger partial charge in [-0.2, -0.15) is 4.52 Å². The summed E-state index contributed by atoms with van der Waals surface area (Å²) in [5, 5.41) is 2.87. The highest BCUT2D eigenvalue weighted by molar-refractivity contribution is 5.57. The van der Waals surface area contributed by atoms with Crippen LogP contribution in [0.25, 0.3) is 17.0 Å². The second-order valence-electron chi connectivity index (χ2n) is 3.64. The van der Waals surface area contributed by atoms with E-state index in [2.05, 4.69) is 10.1 Å². The predicted molar refractivity (Wildman–Crippen MR) is 61.2 cm³/mol. The number of fused-ring (bicyclic) bond motifs is 1. The van der Waals surface area contributed by atoms with Gasteiger partial charge in [-0.05, 0) is 30.3 Å². The number of H-pyrrole nitrogens is 1. The first-order valence-electron chi connectivity index (χ1n) is 5.08. The standard InChI is InChI=1S/C12H8FN3O/c13-9-6-4-8(5-7-9)12-14-10-2-1-3-11(17)16(10)15-12/h1-7H,(H,14,15). The van der Waals surface area contributed by atoms with Gasteiger partial charge in [0, 0.05) is 11.6 Å². The number of hydrogen-bond acceptors (Lipinski definition) is 2. The second kappa shape index (κ2) is 3.55. The third kappa shape index (κ3) is 1.61. The molecule has 1 N–H and O–H groups in total. The number of nitrogens with zero attached hydrogens (tertiary/aromatic N) is 2. The Morgan fingerprint density at radius 1 is 1.12 bits per heavy atom. The molecule has 1 aromatic carbocycles. The molecule has 0 spiro atoms. The van der Waals surface area contributed by atoms with Gasteiger partial charge in [0.25, 0.3) is 5.56 Å². The minimum absolute atomic E-state index is 0.177. The second-order valence-corrected chi connectivity index (χ2v) is 3.64. The summed E-state index contributed by atoms with van der Waals surface area (Å²) in [4.78, 5) is 15.8. The van der Waals surface area contributed by atoms with Crippen LogP contribution in [0, 0.1) is 5.82 Å². The summed E-state index contributed by atoms with van der Waals surface area (Å²) in [6.45, 7) is 0. The van der Waals surface area contributed by atoms with Crippen molar-refractivity contribution in [1.82, 2.24) is 14.6 Å². The van der Waals surface area contributed by atoms with Crippen molar-refractivity contribution in [2.75, 3.05) is 0 Å². The van der Waals surface area contributed by atoms with E-state index in [1.807, 2.05) is 0 Å². The Morgan fingerprint density at radius 2 is 1.88 bits per heavy atom. The summed E-state index contributed by atoms with van der Waals surface area (Å²) >= 11 is 0. The molecule has 0 amide bonds. The van der Waals surface area contributed by atoms with Gasteiger partial charge >= 0.3 is 0 Å². The van der Waals surface area contributed by atoms with Crippen molar-refractivity contribution < 1.29 is 4.39 Å². The van der Waals surface area contributed by atoms with Crippen molar-refractivity contribution in [3.63, 3.8) is 0 Å². The Morgan fingerprint density at radius 3 is 2.59 bits per heavy atom. The van der Waals surface area contributed by atoms with Crippen molar-refractivity contribution >= 4 is 5.65 Å². The molecule has 0 aliphatic heterocycles. The lowest BCUT2D eigenvalue weighted by Crippen LogP contribution is -2.11. The zero-order valence-electron chi connectivity index (χ0n) is 8.72. The number of benzene rings is 1. The van der Waals surface area contributed by atoms with E-state index in [-0.39, 0.29) is 11.4 Å². The third-order valence-electron chi connectivity index (χ3n) is 2.50. The maximum atomic E-state index is 12.8. The lowest BCUT2D eigenvalue weighted by atomic mass is 10.2. The number of halogens is 1. The molecule has 0 aliphatic rings. The van der Waals surface area contributed by atoms with E-state index in [0.717, 1.165) is 5.56 Å². The summed E-state index contributed by atoms with van der Waals surface area (Å²) in [6, 6.07) is 10.7. The number of rotatable bonds is 1. The van der Waals surface area contributed by atoms with Crippen LogP contribution in [0.3, 0.4) is 0 Å². The highest BCUT2D eigenvalue weighted by atomic mass is 19.1. The van der Waals surface area contributed by atoms with E-state index in [4.69, 9.17) is 0 Å². The summed E-state index contributed by atoms with van der Waals surface area (Å²) in [5.41, 5.74) is 1.09. The van der Waals surface area contributed by atoms with E-state index < -0.39 is 0 Å². The molecule has 5 heteroatoms. The Kier molecular flexibility index (Phi) is 2.04. The van der Waals surface area contributed by atoms with E-state index in [9.17, 15) is 9.18 Å². The van der Waals surface area contributed by atoms with Gasteiger partial charge in [-0.25, -0.2) is 9.37 Å². The number of nitrogens with one attached hydrogen (secondary N) is 1. The highest BCUT2D eigenvalue weighted by Crippen LogP contribution is 2.15. The quantitative estimate of drug-likeness (QED) is 0.692. The van der Waals surface area contributed by atoms with Crippen LogP contribution >= 0.6 is 0 Å². The van der Waals surface area contributed by atoms with Gasteiger partial charge in [-0.1, -0.05) is 6.07 Å². The summed E-state index contributed by atoms with van der Waals surface area (Å²) in [7, 11) is 0. The van der Waals surface area contributed by atoms with Gasteiger partial charge in [0.2, 0.25) is 0 Å². The molecule has 0 fully saturated rings. The van der Waals surface area contributed by atoms with Crippen LogP contribution in [0.4, 0.5) is 4.39 Å². The van der Waals surface area contributed by atoms with Crippen molar-refractivity contribution in [1.29, 1.82) is 0 Å². The normalized spacial score (nSPS) is 10.9. The molecule has 3 aromatic rings. The van der Waals surface area contributed by atoms with Crippen LogP contribution in [0.2, 0.25) is 0 Å². The van der Waals surface area contributed by atoms with Gasteiger partial charge in [0.05, 0.1) is 0 Å². The minimum atomic E-state index is -0.304. The van der Waals surface area contributed by atoms with E-state index in [1.54, 1.807) is 24.3 Å². The smallest absolute Gasteiger partial charge is 0.271 e. The molecule has 0 saturated heterocycles. The van der Waals surface area contributed by atoms with Crippen molar-refractivity contribution in [2.24, 2.45) is 0 Å². The molecule has 17 heavy (non-hydrogen) atoms. The fourth-order valence-corrected chi connectivity index (χ4v) is 1.66. The molecule has 0 radical (unpaired) electrons. The van der Waals surface area contributed by atoms with Gasteiger partial charge in [0.15, 0.2) is 11.5 Å². The monoisotopic (exact) mass is 229 g/mol. The van der Waals surface area contributed by atoms with Gasteiger partial charge in [0.1, 0.15) is 5.82 Å². The molecular weight excluding hydrogens is 221 g/mol. The molecule has 84 valence electrons.